The van der Waals surface area contributed by atoms with Crippen LogP contribution in [-0.4, -0.2) is 21.4 Å². The van der Waals surface area contributed by atoms with Crippen LogP contribution in [0.1, 0.15) is 34.0 Å². The van der Waals surface area contributed by atoms with E-state index in [9.17, 15) is 14.0 Å². The zero-order chi connectivity index (χ0) is 18.8. The molecule has 4 rings (SSSR count). The number of aromatic nitrogens is 2. The molecule has 0 spiro atoms. The number of esters is 1. The first-order valence-corrected chi connectivity index (χ1v) is 8.45. The maximum atomic E-state index is 14.3. The fourth-order valence-electron chi connectivity index (χ4n) is 3.08. The van der Waals surface area contributed by atoms with Crippen LogP contribution in [0.3, 0.4) is 0 Å². The number of benzene rings is 2. The molecule has 0 saturated carbocycles. The van der Waals surface area contributed by atoms with Crippen LogP contribution >= 0.6 is 0 Å². The fourth-order valence-corrected chi connectivity index (χ4v) is 3.08. The summed E-state index contributed by atoms with van der Waals surface area (Å²) in [6, 6.07) is 11.8. The summed E-state index contributed by atoms with van der Waals surface area (Å²) in [6.45, 7) is 0.183. The number of fused-ring (bicyclic) bond motifs is 1. The van der Waals surface area contributed by atoms with Crippen molar-refractivity contribution >= 4 is 11.9 Å². The third kappa shape index (κ3) is 3.44. The second-order valence-corrected chi connectivity index (χ2v) is 6.22. The second kappa shape index (κ2) is 7.03. The van der Waals surface area contributed by atoms with E-state index >= 15 is 0 Å². The normalized spacial score (nSPS) is 15.3. The van der Waals surface area contributed by atoms with E-state index in [4.69, 9.17) is 4.74 Å². The Morgan fingerprint density at radius 3 is 2.89 bits per heavy atom. The number of carbonyl (C=O) groups excluding carboxylic acids is 2. The van der Waals surface area contributed by atoms with Gasteiger partial charge in [-0.15, -0.1) is 0 Å². The summed E-state index contributed by atoms with van der Waals surface area (Å²) in [7, 11) is 0. The number of rotatable bonds is 5. The number of hydrogen-bond donors (Lipinski definition) is 1. The van der Waals surface area contributed by atoms with E-state index in [1.165, 1.54) is 12.4 Å². The Hall–Kier alpha value is -3.48. The molecule has 0 bridgehead atoms. The maximum absolute atomic E-state index is 14.3. The second-order valence-electron chi connectivity index (χ2n) is 6.22. The molecule has 2 aromatic carbocycles. The molecule has 0 fully saturated rings. The van der Waals surface area contributed by atoms with E-state index in [-0.39, 0.29) is 18.9 Å². The van der Waals surface area contributed by atoms with E-state index in [1.807, 2.05) is 0 Å². The quantitative estimate of drug-likeness (QED) is 0.706. The number of imidazole rings is 1. The number of halogens is 1. The molecule has 27 heavy (non-hydrogen) atoms. The zero-order valence-corrected chi connectivity index (χ0v) is 14.3. The minimum absolute atomic E-state index is 0.0261. The summed E-state index contributed by atoms with van der Waals surface area (Å²) < 4.78 is 21.1. The summed E-state index contributed by atoms with van der Waals surface area (Å²) in [6.07, 6.45) is 4.18. The largest absolute Gasteiger partial charge is 0.453 e. The minimum atomic E-state index is -0.589. The Bertz CT molecular complexity index is 1000. The topological polar surface area (TPSA) is 73.2 Å². The number of ether oxygens (including phenoxy) is 1. The van der Waals surface area contributed by atoms with Crippen molar-refractivity contribution in [2.75, 3.05) is 0 Å². The van der Waals surface area contributed by atoms with Crippen molar-refractivity contribution in [2.24, 2.45) is 0 Å². The van der Waals surface area contributed by atoms with Gasteiger partial charge < -0.3 is 14.6 Å². The highest BCUT2D eigenvalue weighted by atomic mass is 19.1. The maximum Gasteiger partial charge on any atom is 0.339 e. The van der Waals surface area contributed by atoms with Gasteiger partial charge in [0, 0.05) is 24.5 Å². The average molecular weight is 365 g/mol. The first kappa shape index (κ1) is 17.0. The number of amides is 1. The highest BCUT2D eigenvalue weighted by Crippen LogP contribution is 2.32. The van der Waals surface area contributed by atoms with Crippen molar-refractivity contribution in [1.29, 1.82) is 0 Å². The van der Waals surface area contributed by atoms with Gasteiger partial charge in [-0.05, 0) is 23.8 Å². The van der Waals surface area contributed by atoms with Gasteiger partial charge in [0.05, 0.1) is 24.0 Å². The van der Waals surface area contributed by atoms with Gasteiger partial charge >= 0.3 is 5.97 Å². The molecule has 7 heteroatoms. The number of nitrogens with zero attached hydrogens (tertiary/aromatic N) is 2. The van der Waals surface area contributed by atoms with Crippen molar-refractivity contribution < 1.29 is 18.7 Å². The molecular weight excluding hydrogens is 349 g/mol. The molecule has 1 aliphatic rings. The van der Waals surface area contributed by atoms with Gasteiger partial charge in [-0.2, -0.15) is 0 Å². The smallest absolute Gasteiger partial charge is 0.339 e. The third-order valence-corrected chi connectivity index (χ3v) is 4.43. The van der Waals surface area contributed by atoms with E-state index < -0.39 is 17.9 Å². The predicted molar refractivity (Wildman–Crippen MR) is 94.6 cm³/mol. The number of nitrogens with one attached hydrogen (secondary N) is 1. The van der Waals surface area contributed by atoms with Crippen LogP contribution in [0.4, 0.5) is 4.39 Å². The number of carbonyl (C=O) groups is 2. The average Bonchev–Trinajstić information content (AvgIpc) is 3.30. The Morgan fingerprint density at radius 2 is 2.11 bits per heavy atom. The lowest BCUT2D eigenvalue weighted by atomic mass is 10.0. The molecule has 1 unspecified atom stereocenters. The summed E-state index contributed by atoms with van der Waals surface area (Å²) >= 11 is 0. The van der Waals surface area contributed by atoms with Gasteiger partial charge in [0.25, 0.3) is 0 Å². The molecule has 0 aliphatic carbocycles. The fraction of sp³-hybridized carbons (Fsp3) is 0.150. The Kier molecular flexibility index (Phi) is 4.42. The van der Waals surface area contributed by atoms with Gasteiger partial charge in [0.2, 0.25) is 5.91 Å². The van der Waals surface area contributed by atoms with E-state index in [0.29, 0.717) is 22.4 Å². The van der Waals surface area contributed by atoms with Crippen LogP contribution in [0.2, 0.25) is 0 Å². The molecule has 136 valence electrons. The van der Waals surface area contributed by atoms with Crippen LogP contribution in [-0.2, 0) is 16.1 Å². The van der Waals surface area contributed by atoms with E-state index in [2.05, 4.69) is 10.3 Å². The molecule has 6 nitrogen and oxygen atoms in total. The summed E-state index contributed by atoms with van der Waals surface area (Å²) in [5, 5.41) is 2.74. The van der Waals surface area contributed by atoms with Crippen molar-refractivity contribution in [3.05, 3.63) is 83.7 Å². The lowest BCUT2D eigenvalue weighted by molar-refractivity contribution is -0.123. The summed E-state index contributed by atoms with van der Waals surface area (Å²) in [4.78, 5) is 27.9. The number of cyclic esters (lactones) is 1. The first-order chi connectivity index (χ1) is 13.1. The van der Waals surface area contributed by atoms with Crippen LogP contribution < -0.4 is 5.32 Å². The van der Waals surface area contributed by atoms with Crippen molar-refractivity contribution in [3.8, 4) is 5.69 Å². The summed E-state index contributed by atoms with van der Waals surface area (Å²) in [5.41, 5.74) is 2.23. The lowest BCUT2D eigenvalue weighted by Crippen LogP contribution is -2.24. The first-order valence-electron chi connectivity index (χ1n) is 8.45. The Balaban J connectivity index is 1.38. The zero-order valence-electron chi connectivity index (χ0n) is 14.3. The molecule has 1 aliphatic heterocycles. The highest BCUT2D eigenvalue weighted by molar-refractivity contribution is 5.94. The van der Waals surface area contributed by atoms with Crippen molar-refractivity contribution in [2.45, 2.75) is 19.1 Å². The Labute approximate surface area is 154 Å². The molecule has 1 amide bonds. The van der Waals surface area contributed by atoms with E-state index in [0.717, 1.165) is 0 Å². The van der Waals surface area contributed by atoms with Crippen LogP contribution in [0.5, 0.6) is 0 Å². The van der Waals surface area contributed by atoms with Gasteiger partial charge in [0.1, 0.15) is 11.9 Å². The van der Waals surface area contributed by atoms with Crippen LogP contribution in [0, 0.1) is 5.82 Å². The molecule has 0 radical (unpaired) electrons. The van der Waals surface area contributed by atoms with Crippen molar-refractivity contribution in [1.82, 2.24) is 14.9 Å². The van der Waals surface area contributed by atoms with Gasteiger partial charge in [0.15, 0.2) is 0 Å². The molecule has 1 aromatic heterocycles. The van der Waals surface area contributed by atoms with Crippen LogP contribution in [0.15, 0.2) is 61.2 Å². The monoisotopic (exact) mass is 365 g/mol. The molecular formula is C20H16FN3O3. The lowest BCUT2D eigenvalue weighted by Gasteiger charge is -2.12. The van der Waals surface area contributed by atoms with Crippen molar-refractivity contribution in [3.63, 3.8) is 0 Å². The van der Waals surface area contributed by atoms with Gasteiger partial charge in [-0.1, -0.05) is 24.3 Å². The predicted octanol–water partition coefficient (Wildman–Crippen LogP) is 2.93. The molecule has 3 aromatic rings. The minimum Gasteiger partial charge on any atom is -0.453 e. The van der Waals surface area contributed by atoms with Gasteiger partial charge in [-0.3, -0.25) is 4.79 Å². The summed E-state index contributed by atoms with van der Waals surface area (Å²) in [5.74, 6) is -1.09. The standard InChI is InChI=1S/C20H16FN3O3/c21-16-9-13(5-6-17(16)24-8-7-22-12-24)11-23-19(25)10-18-14-3-1-2-4-15(14)20(26)27-18/h1-9,12,18H,10-11H2,(H,23,25). The van der Waals surface area contributed by atoms with Gasteiger partial charge in [-0.25, -0.2) is 14.2 Å². The third-order valence-electron chi connectivity index (χ3n) is 4.43. The number of hydrogen-bond acceptors (Lipinski definition) is 4. The highest BCUT2D eigenvalue weighted by Gasteiger charge is 2.31. The molecule has 0 saturated heterocycles. The molecule has 1 atom stereocenters. The SMILES string of the molecule is O=C(CC1OC(=O)c2ccccc21)NCc1ccc(-n2ccnc2)c(F)c1. The molecule has 2 heterocycles. The Morgan fingerprint density at radius 1 is 1.26 bits per heavy atom. The molecule has 1 N–H and O–H groups in total. The van der Waals surface area contributed by atoms with E-state index in [1.54, 1.807) is 53.4 Å². The van der Waals surface area contributed by atoms with Crippen LogP contribution in [0.25, 0.3) is 5.69 Å².